The van der Waals surface area contributed by atoms with Gasteiger partial charge in [-0.3, -0.25) is 4.79 Å². The predicted molar refractivity (Wildman–Crippen MR) is 119 cm³/mol. The molecule has 0 atom stereocenters. The Kier molecular flexibility index (Phi) is 6.55. The number of hydrogen-bond acceptors (Lipinski definition) is 6. The molecule has 0 aliphatic rings. The van der Waals surface area contributed by atoms with Crippen LogP contribution in [0.3, 0.4) is 0 Å². The monoisotopic (exact) mass is 440 g/mol. The van der Waals surface area contributed by atoms with Crippen molar-refractivity contribution in [3.8, 4) is 5.75 Å². The van der Waals surface area contributed by atoms with Crippen molar-refractivity contribution in [2.75, 3.05) is 16.6 Å². The third-order valence-electron chi connectivity index (χ3n) is 4.35. The lowest BCUT2D eigenvalue weighted by Gasteiger charge is -2.11. The first kappa shape index (κ1) is 22.2. The van der Waals surface area contributed by atoms with Crippen molar-refractivity contribution in [2.24, 2.45) is 0 Å². The summed E-state index contributed by atoms with van der Waals surface area (Å²) in [6.07, 6.45) is 0. The Bertz CT molecular complexity index is 1190. The van der Waals surface area contributed by atoms with Gasteiger partial charge in [0.1, 0.15) is 5.75 Å². The van der Waals surface area contributed by atoms with Crippen molar-refractivity contribution < 1.29 is 17.9 Å². The molecule has 1 aromatic heterocycles. The van der Waals surface area contributed by atoms with Gasteiger partial charge in [-0.2, -0.15) is 0 Å². The Morgan fingerprint density at radius 2 is 1.58 bits per heavy atom. The molecule has 0 aliphatic heterocycles. The highest BCUT2D eigenvalue weighted by Crippen LogP contribution is 2.19. The van der Waals surface area contributed by atoms with E-state index in [1.54, 1.807) is 19.9 Å². The second-order valence-electron chi connectivity index (χ2n) is 7.21. The number of aryl methyl sites for hydroxylation is 4. The number of nitrogens with one attached hydrogen (secondary N) is 2. The van der Waals surface area contributed by atoms with Crippen LogP contribution in [0.5, 0.6) is 5.75 Å². The van der Waals surface area contributed by atoms with Gasteiger partial charge in [0.25, 0.3) is 15.9 Å². The zero-order chi connectivity index (χ0) is 22.6. The third-order valence-corrected chi connectivity index (χ3v) is 5.69. The first-order valence-corrected chi connectivity index (χ1v) is 11.1. The fraction of sp³-hybridized carbons (Fsp3) is 0.227. The summed E-state index contributed by atoms with van der Waals surface area (Å²) in [6.45, 7) is 7.26. The maximum Gasteiger partial charge on any atom is 0.264 e. The highest BCUT2D eigenvalue weighted by atomic mass is 32.2. The minimum Gasteiger partial charge on any atom is -0.483 e. The molecule has 0 aliphatic carbocycles. The molecule has 162 valence electrons. The molecule has 31 heavy (non-hydrogen) atoms. The highest BCUT2D eigenvalue weighted by molar-refractivity contribution is 7.92. The molecule has 1 amide bonds. The summed E-state index contributed by atoms with van der Waals surface area (Å²) < 4.78 is 33.1. The summed E-state index contributed by atoms with van der Waals surface area (Å²) >= 11 is 0. The number of ether oxygens (including phenoxy) is 1. The number of rotatable bonds is 7. The highest BCUT2D eigenvalue weighted by Gasteiger charge is 2.16. The van der Waals surface area contributed by atoms with Gasteiger partial charge in [-0.25, -0.2) is 23.1 Å². The van der Waals surface area contributed by atoms with Gasteiger partial charge in [0.15, 0.2) is 6.61 Å². The van der Waals surface area contributed by atoms with E-state index in [1.165, 1.54) is 24.3 Å². The molecule has 9 heteroatoms. The molecule has 0 fully saturated rings. The number of anilines is 2. The van der Waals surface area contributed by atoms with Gasteiger partial charge in [0.2, 0.25) is 5.95 Å². The first-order chi connectivity index (χ1) is 14.6. The largest absolute Gasteiger partial charge is 0.483 e. The Balaban J connectivity index is 1.61. The number of sulfonamides is 1. The summed E-state index contributed by atoms with van der Waals surface area (Å²) in [7, 11) is -3.86. The van der Waals surface area contributed by atoms with E-state index in [1.807, 2.05) is 32.0 Å². The van der Waals surface area contributed by atoms with E-state index in [9.17, 15) is 13.2 Å². The summed E-state index contributed by atoms with van der Waals surface area (Å²) in [5.74, 6) is 0.303. The zero-order valence-electron chi connectivity index (χ0n) is 17.8. The van der Waals surface area contributed by atoms with Crippen LogP contribution in [-0.2, 0) is 14.8 Å². The van der Waals surface area contributed by atoms with Gasteiger partial charge in [0, 0.05) is 17.1 Å². The number of benzene rings is 2. The molecule has 3 rings (SSSR count). The van der Waals surface area contributed by atoms with Crippen molar-refractivity contribution >= 4 is 27.6 Å². The summed E-state index contributed by atoms with van der Waals surface area (Å²) in [5.41, 5.74) is 3.83. The van der Waals surface area contributed by atoms with E-state index in [0.29, 0.717) is 22.8 Å². The van der Waals surface area contributed by atoms with Crippen molar-refractivity contribution in [1.82, 2.24) is 9.97 Å². The lowest BCUT2D eigenvalue weighted by atomic mass is 10.1. The van der Waals surface area contributed by atoms with Crippen LogP contribution in [0.25, 0.3) is 0 Å². The van der Waals surface area contributed by atoms with E-state index in [-0.39, 0.29) is 23.4 Å². The Morgan fingerprint density at radius 1 is 0.935 bits per heavy atom. The number of aromatic nitrogens is 2. The Hall–Kier alpha value is -3.46. The van der Waals surface area contributed by atoms with Crippen LogP contribution in [-0.4, -0.2) is 30.9 Å². The second-order valence-corrected chi connectivity index (χ2v) is 8.89. The average molecular weight is 441 g/mol. The minimum atomic E-state index is -3.86. The second kappa shape index (κ2) is 9.13. The van der Waals surface area contributed by atoms with E-state index in [2.05, 4.69) is 20.0 Å². The zero-order valence-corrected chi connectivity index (χ0v) is 18.6. The van der Waals surface area contributed by atoms with Gasteiger partial charge in [-0.15, -0.1) is 0 Å². The Morgan fingerprint density at radius 3 is 2.19 bits per heavy atom. The fourth-order valence-corrected chi connectivity index (χ4v) is 3.91. The fourth-order valence-electron chi connectivity index (χ4n) is 2.97. The molecule has 0 unspecified atom stereocenters. The first-order valence-electron chi connectivity index (χ1n) is 9.57. The number of carbonyl (C=O) groups excluding carboxylic acids is 1. The molecule has 3 aromatic rings. The smallest absolute Gasteiger partial charge is 0.264 e. The number of hydrogen-bond donors (Lipinski definition) is 2. The predicted octanol–water partition coefficient (Wildman–Crippen LogP) is 3.53. The van der Waals surface area contributed by atoms with E-state index < -0.39 is 10.0 Å². The molecule has 2 N–H and O–H groups in total. The molecule has 8 nitrogen and oxygen atoms in total. The molecule has 0 saturated carbocycles. The van der Waals surface area contributed by atoms with Crippen molar-refractivity contribution in [2.45, 2.75) is 32.6 Å². The minimum absolute atomic E-state index is 0.0124. The van der Waals surface area contributed by atoms with Crippen molar-refractivity contribution in [1.29, 1.82) is 0 Å². The summed E-state index contributed by atoms with van der Waals surface area (Å²) in [6, 6.07) is 13.3. The van der Waals surface area contributed by atoms with Crippen LogP contribution in [0.1, 0.15) is 22.5 Å². The number of nitrogens with zero attached hydrogens (tertiary/aromatic N) is 2. The topological polar surface area (TPSA) is 110 Å². The van der Waals surface area contributed by atoms with Gasteiger partial charge in [-0.1, -0.05) is 17.7 Å². The number of amides is 1. The SMILES string of the molecule is Cc1ccc(OCC(=O)Nc2ccc(S(=O)(=O)Nc3nc(C)cc(C)n3)cc2)c(C)c1. The molecule has 0 bridgehead atoms. The van der Waals surface area contributed by atoms with E-state index in [4.69, 9.17) is 4.74 Å². The molecule has 1 heterocycles. The average Bonchev–Trinajstić information content (AvgIpc) is 2.66. The van der Waals surface area contributed by atoms with E-state index >= 15 is 0 Å². The molecule has 0 spiro atoms. The van der Waals surface area contributed by atoms with Gasteiger partial charge in [0.05, 0.1) is 4.90 Å². The molecular formula is C22H24N4O4S. The summed E-state index contributed by atoms with van der Waals surface area (Å²) in [4.78, 5) is 20.4. The standard InChI is InChI=1S/C22H24N4O4S/c1-14-5-10-20(15(2)11-14)30-13-21(27)25-18-6-8-19(9-7-18)31(28,29)26-22-23-16(3)12-17(4)24-22/h5-12H,13H2,1-4H3,(H,25,27)(H,23,24,26). The van der Waals surface area contributed by atoms with Crippen LogP contribution >= 0.6 is 0 Å². The van der Waals surface area contributed by atoms with Crippen LogP contribution in [0.2, 0.25) is 0 Å². The van der Waals surface area contributed by atoms with Gasteiger partial charge in [-0.05, 0) is 69.7 Å². The maximum atomic E-state index is 12.6. The molecule has 0 saturated heterocycles. The molecule has 2 aromatic carbocycles. The molecular weight excluding hydrogens is 416 g/mol. The van der Waals surface area contributed by atoms with Crippen LogP contribution in [0.15, 0.2) is 53.4 Å². The van der Waals surface area contributed by atoms with Crippen LogP contribution in [0.4, 0.5) is 11.6 Å². The van der Waals surface area contributed by atoms with E-state index in [0.717, 1.165) is 11.1 Å². The Labute approximate surface area is 181 Å². The van der Waals surface area contributed by atoms with Crippen molar-refractivity contribution in [3.05, 3.63) is 71.0 Å². The van der Waals surface area contributed by atoms with Crippen molar-refractivity contribution in [3.63, 3.8) is 0 Å². The van der Waals surface area contributed by atoms with Gasteiger partial charge >= 0.3 is 0 Å². The normalized spacial score (nSPS) is 11.1. The number of carbonyl (C=O) groups is 1. The maximum absolute atomic E-state index is 12.6. The third kappa shape index (κ3) is 6.02. The van der Waals surface area contributed by atoms with Gasteiger partial charge < -0.3 is 10.1 Å². The quantitative estimate of drug-likeness (QED) is 0.582. The lowest BCUT2D eigenvalue weighted by molar-refractivity contribution is -0.118. The summed E-state index contributed by atoms with van der Waals surface area (Å²) in [5, 5.41) is 2.68. The lowest BCUT2D eigenvalue weighted by Crippen LogP contribution is -2.20. The van der Waals surface area contributed by atoms with Crippen LogP contribution < -0.4 is 14.8 Å². The molecule has 0 radical (unpaired) electrons. The van der Waals surface area contributed by atoms with Crippen LogP contribution in [0, 0.1) is 27.7 Å².